The number of aryl methyl sites for hydroxylation is 1. The van der Waals surface area contributed by atoms with Crippen LogP contribution in [-0.4, -0.2) is 9.97 Å². The molecule has 0 aliphatic carbocycles. The summed E-state index contributed by atoms with van der Waals surface area (Å²) in [5, 5.41) is 3.34. The van der Waals surface area contributed by atoms with Gasteiger partial charge in [0.05, 0.1) is 0 Å². The molecule has 0 aliphatic rings. The Morgan fingerprint density at radius 1 is 0.947 bits per heavy atom. The number of hydrogen-bond donors (Lipinski definition) is 1. The van der Waals surface area contributed by atoms with E-state index in [2.05, 4.69) is 40.3 Å². The average molecular weight is 267 g/mol. The van der Waals surface area contributed by atoms with Crippen molar-refractivity contribution in [3.63, 3.8) is 0 Å². The maximum absolute atomic E-state index is 5.67. The Kier molecular flexibility index (Phi) is 3.09. The van der Waals surface area contributed by atoms with Crippen LogP contribution in [0.4, 0.5) is 5.95 Å². The molecule has 0 radical (unpaired) electrons. The van der Waals surface area contributed by atoms with Gasteiger partial charge in [0, 0.05) is 10.6 Å². The maximum Gasteiger partial charge on any atom is 0.221 e. The molecular formula is C15H13N3S. The van der Waals surface area contributed by atoms with Gasteiger partial charge in [-0.3, -0.25) is 0 Å². The highest BCUT2D eigenvalue weighted by Crippen LogP contribution is 2.29. The van der Waals surface area contributed by atoms with Gasteiger partial charge in [0.1, 0.15) is 5.03 Å². The first-order valence-electron chi connectivity index (χ1n) is 5.98. The van der Waals surface area contributed by atoms with Crippen LogP contribution in [0, 0.1) is 6.92 Å². The zero-order chi connectivity index (χ0) is 13.2. The third-order valence-corrected chi connectivity index (χ3v) is 3.70. The van der Waals surface area contributed by atoms with Gasteiger partial charge in [-0.1, -0.05) is 42.1 Å². The Morgan fingerprint density at radius 3 is 2.53 bits per heavy atom. The van der Waals surface area contributed by atoms with Crippen molar-refractivity contribution in [1.82, 2.24) is 9.97 Å². The summed E-state index contributed by atoms with van der Waals surface area (Å²) in [5.74, 6) is 0.322. The second-order valence-corrected chi connectivity index (χ2v) is 5.41. The lowest BCUT2D eigenvalue weighted by Crippen LogP contribution is -1.97. The zero-order valence-electron chi connectivity index (χ0n) is 10.5. The van der Waals surface area contributed by atoms with Crippen LogP contribution in [-0.2, 0) is 0 Å². The molecule has 0 saturated carbocycles. The minimum absolute atomic E-state index is 0.322. The number of nitrogen functional groups attached to an aromatic ring is 1. The smallest absolute Gasteiger partial charge is 0.221 e. The largest absolute Gasteiger partial charge is 0.368 e. The number of nitrogens with zero attached hydrogens (tertiary/aromatic N) is 2. The molecule has 94 valence electrons. The number of fused-ring (bicyclic) bond motifs is 1. The number of rotatable bonds is 2. The van der Waals surface area contributed by atoms with E-state index < -0.39 is 0 Å². The summed E-state index contributed by atoms with van der Waals surface area (Å²) < 4.78 is 0. The monoisotopic (exact) mass is 267 g/mol. The number of nitrogens with two attached hydrogens (primary N) is 1. The van der Waals surface area contributed by atoms with E-state index in [1.165, 1.54) is 10.8 Å². The van der Waals surface area contributed by atoms with Gasteiger partial charge in [0.25, 0.3) is 0 Å². The fraction of sp³-hybridized carbons (Fsp3) is 0.0667. The molecule has 0 saturated heterocycles. The fourth-order valence-electron chi connectivity index (χ4n) is 1.97. The summed E-state index contributed by atoms with van der Waals surface area (Å²) in [6, 6.07) is 16.6. The molecule has 0 bridgehead atoms. The Hall–Kier alpha value is -2.07. The van der Waals surface area contributed by atoms with E-state index in [0.29, 0.717) is 5.95 Å². The fourth-order valence-corrected chi connectivity index (χ4v) is 2.90. The predicted molar refractivity (Wildman–Crippen MR) is 79.3 cm³/mol. The molecule has 1 aromatic heterocycles. The molecule has 0 atom stereocenters. The van der Waals surface area contributed by atoms with Gasteiger partial charge in [0.2, 0.25) is 5.95 Å². The molecule has 0 aliphatic heterocycles. The predicted octanol–water partition coefficient (Wildman–Crippen LogP) is 3.67. The van der Waals surface area contributed by atoms with Gasteiger partial charge in [-0.2, -0.15) is 0 Å². The minimum atomic E-state index is 0.322. The molecule has 3 aromatic rings. The molecule has 2 N–H and O–H groups in total. The second-order valence-electron chi connectivity index (χ2n) is 4.32. The second kappa shape index (κ2) is 4.90. The molecule has 4 heteroatoms. The van der Waals surface area contributed by atoms with Crippen LogP contribution in [0.15, 0.2) is 58.5 Å². The van der Waals surface area contributed by atoms with Crippen LogP contribution in [0.1, 0.15) is 5.69 Å². The summed E-state index contributed by atoms with van der Waals surface area (Å²) in [5.41, 5.74) is 6.55. The van der Waals surface area contributed by atoms with Crippen LogP contribution < -0.4 is 5.73 Å². The zero-order valence-corrected chi connectivity index (χ0v) is 11.3. The van der Waals surface area contributed by atoms with E-state index in [1.807, 2.05) is 25.1 Å². The highest BCUT2D eigenvalue weighted by atomic mass is 32.2. The first kappa shape index (κ1) is 12.0. The van der Waals surface area contributed by atoms with Crippen molar-refractivity contribution < 1.29 is 0 Å². The van der Waals surface area contributed by atoms with Gasteiger partial charge >= 0.3 is 0 Å². The van der Waals surface area contributed by atoms with Crippen LogP contribution in [0.2, 0.25) is 0 Å². The van der Waals surface area contributed by atoms with E-state index in [-0.39, 0.29) is 0 Å². The molecule has 1 heterocycles. The normalized spacial score (nSPS) is 10.8. The first-order chi connectivity index (χ1) is 9.20. The first-order valence-corrected chi connectivity index (χ1v) is 6.80. The number of anilines is 1. The van der Waals surface area contributed by atoms with Crippen molar-refractivity contribution in [1.29, 1.82) is 0 Å². The van der Waals surface area contributed by atoms with Gasteiger partial charge in [0.15, 0.2) is 0 Å². The Morgan fingerprint density at radius 2 is 1.74 bits per heavy atom. The number of benzene rings is 2. The molecule has 0 fully saturated rings. The summed E-state index contributed by atoms with van der Waals surface area (Å²) in [7, 11) is 0. The summed E-state index contributed by atoms with van der Waals surface area (Å²) >= 11 is 1.60. The Balaban J connectivity index is 1.96. The number of hydrogen-bond acceptors (Lipinski definition) is 4. The van der Waals surface area contributed by atoms with E-state index in [0.717, 1.165) is 15.6 Å². The lowest BCUT2D eigenvalue weighted by atomic mass is 10.1. The van der Waals surface area contributed by atoms with Crippen molar-refractivity contribution in [3.8, 4) is 0 Å². The van der Waals surface area contributed by atoms with Crippen LogP contribution in [0.5, 0.6) is 0 Å². The molecular weight excluding hydrogens is 254 g/mol. The van der Waals surface area contributed by atoms with E-state index in [9.17, 15) is 0 Å². The third kappa shape index (κ3) is 2.69. The highest BCUT2D eigenvalue weighted by molar-refractivity contribution is 7.99. The Bertz CT molecular complexity index is 720. The van der Waals surface area contributed by atoms with Crippen molar-refractivity contribution in [3.05, 3.63) is 54.2 Å². The molecule has 19 heavy (non-hydrogen) atoms. The molecule has 0 unspecified atom stereocenters. The van der Waals surface area contributed by atoms with Crippen molar-refractivity contribution in [2.24, 2.45) is 0 Å². The molecule has 3 nitrogen and oxygen atoms in total. The summed E-state index contributed by atoms with van der Waals surface area (Å²) in [4.78, 5) is 9.47. The molecule has 0 amide bonds. The standard InChI is InChI=1S/C15H13N3S/c1-10-8-14(18-15(16)17-10)19-13-7-6-11-4-2-3-5-12(11)9-13/h2-9H,1H3,(H2,16,17,18). The van der Waals surface area contributed by atoms with Crippen LogP contribution in [0.3, 0.4) is 0 Å². The maximum atomic E-state index is 5.67. The van der Waals surface area contributed by atoms with Crippen molar-refractivity contribution in [2.75, 3.05) is 5.73 Å². The topological polar surface area (TPSA) is 51.8 Å². The van der Waals surface area contributed by atoms with Crippen LogP contribution >= 0.6 is 11.8 Å². The number of aromatic nitrogens is 2. The van der Waals surface area contributed by atoms with E-state index in [4.69, 9.17) is 5.73 Å². The minimum Gasteiger partial charge on any atom is -0.368 e. The van der Waals surface area contributed by atoms with Crippen molar-refractivity contribution in [2.45, 2.75) is 16.8 Å². The lowest BCUT2D eigenvalue weighted by molar-refractivity contribution is 1.02. The molecule has 3 rings (SSSR count). The van der Waals surface area contributed by atoms with E-state index in [1.54, 1.807) is 11.8 Å². The third-order valence-electron chi connectivity index (χ3n) is 2.79. The SMILES string of the molecule is Cc1cc(Sc2ccc3ccccc3c2)nc(N)n1. The van der Waals surface area contributed by atoms with Gasteiger partial charge in [-0.25, -0.2) is 9.97 Å². The quantitative estimate of drug-likeness (QED) is 0.720. The van der Waals surface area contributed by atoms with E-state index >= 15 is 0 Å². The van der Waals surface area contributed by atoms with Crippen LogP contribution in [0.25, 0.3) is 10.8 Å². The Labute approximate surface area is 115 Å². The lowest BCUT2D eigenvalue weighted by Gasteiger charge is -2.04. The average Bonchev–Trinajstić information content (AvgIpc) is 2.37. The van der Waals surface area contributed by atoms with Gasteiger partial charge in [-0.05, 0) is 35.9 Å². The molecule has 0 spiro atoms. The summed E-state index contributed by atoms with van der Waals surface area (Å²) in [6.07, 6.45) is 0. The van der Waals surface area contributed by atoms with Gasteiger partial charge < -0.3 is 5.73 Å². The highest BCUT2D eigenvalue weighted by Gasteiger charge is 2.03. The van der Waals surface area contributed by atoms with Gasteiger partial charge in [-0.15, -0.1) is 0 Å². The van der Waals surface area contributed by atoms with Crippen molar-refractivity contribution >= 4 is 28.5 Å². The summed E-state index contributed by atoms with van der Waals surface area (Å²) in [6.45, 7) is 1.92. The molecule has 2 aromatic carbocycles.